The minimum atomic E-state index is -0.437. The molecule has 0 amide bonds. The first kappa shape index (κ1) is 7.72. The molecule has 0 spiro atoms. The average Bonchev–Trinajstić information content (AvgIpc) is 2.04. The van der Waals surface area contributed by atoms with Gasteiger partial charge >= 0.3 is 0 Å². The molecule has 0 unspecified atom stereocenters. The molecular formula is C8H7FO2. The van der Waals surface area contributed by atoms with Crippen molar-refractivity contribution in [3.63, 3.8) is 0 Å². The number of benzene rings is 1. The number of rotatable bonds is 2. The largest absolute Gasteiger partial charge is 0.496 e. The van der Waals surface area contributed by atoms with Gasteiger partial charge in [0, 0.05) is 0 Å². The Balaban J connectivity index is 3.16. The van der Waals surface area contributed by atoms with Gasteiger partial charge in [-0.25, -0.2) is 4.39 Å². The van der Waals surface area contributed by atoms with Gasteiger partial charge in [-0.2, -0.15) is 0 Å². The zero-order valence-electron chi connectivity index (χ0n) is 6.00. The molecule has 2 nitrogen and oxygen atoms in total. The lowest BCUT2D eigenvalue weighted by atomic mass is 10.2. The van der Waals surface area contributed by atoms with Crippen molar-refractivity contribution in [3.8, 4) is 5.75 Å². The highest BCUT2D eigenvalue weighted by molar-refractivity contribution is 5.79. The second kappa shape index (κ2) is 3.14. The molecular weight excluding hydrogens is 146 g/mol. The third-order valence-electron chi connectivity index (χ3n) is 1.32. The Morgan fingerprint density at radius 2 is 2.27 bits per heavy atom. The zero-order chi connectivity index (χ0) is 8.27. The van der Waals surface area contributed by atoms with Crippen LogP contribution in [0.25, 0.3) is 0 Å². The predicted octanol–water partition coefficient (Wildman–Crippen LogP) is 1.65. The zero-order valence-corrected chi connectivity index (χ0v) is 6.00. The molecule has 58 valence electrons. The first-order chi connectivity index (χ1) is 5.27. The highest BCUT2D eigenvalue weighted by Gasteiger charge is 2.01. The number of carbonyl (C=O) groups excluding carboxylic acids is 1. The molecule has 0 aliphatic carbocycles. The molecule has 0 radical (unpaired) electrons. The summed E-state index contributed by atoms with van der Waals surface area (Å²) in [4.78, 5) is 10.3. The summed E-state index contributed by atoms with van der Waals surface area (Å²) in [6.45, 7) is 0. The van der Waals surface area contributed by atoms with E-state index >= 15 is 0 Å². The number of ether oxygens (including phenoxy) is 1. The molecule has 0 aliphatic heterocycles. The fourth-order valence-electron chi connectivity index (χ4n) is 0.797. The molecule has 0 saturated carbocycles. The molecule has 0 saturated heterocycles. The first-order valence-electron chi connectivity index (χ1n) is 3.06. The highest BCUT2D eigenvalue weighted by Crippen LogP contribution is 2.16. The lowest BCUT2D eigenvalue weighted by Gasteiger charge is -2.01. The van der Waals surface area contributed by atoms with Gasteiger partial charge in [-0.15, -0.1) is 0 Å². The van der Waals surface area contributed by atoms with E-state index in [1.807, 2.05) is 0 Å². The van der Waals surface area contributed by atoms with Crippen molar-refractivity contribution in [2.45, 2.75) is 0 Å². The minimum absolute atomic E-state index is 0.229. The van der Waals surface area contributed by atoms with Crippen LogP contribution >= 0.6 is 0 Å². The van der Waals surface area contributed by atoms with E-state index in [4.69, 9.17) is 4.74 Å². The summed E-state index contributed by atoms with van der Waals surface area (Å²) < 4.78 is 17.2. The highest BCUT2D eigenvalue weighted by atomic mass is 18.2. The van der Waals surface area contributed by atoms with E-state index in [0.717, 1.165) is 6.07 Å². The quantitative estimate of drug-likeness (QED) is 0.604. The first-order valence-corrected chi connectivity index (χ1v) is 3.06. The van der Waals surface area contributed by atoms with Crippen LogP contribution < -0.4 is 4.74 Å². The van der Waals surface area contributed by atoms with Crippen molar-refractivity contribution < 1.29 is 13.9 Å². The van der Waals surface area contributed by atoms with Crippen LogP contribution in [0.3, 0.4) is 0 Å². The van der Waals surface area contributed by atoms with Gasteiger partial charge in [0.15, 0.2) is 6.29 Å². The van der Waals surface area contributed by atoms with Crippen LogP contribution in [0.1, 0.15) is 10.4 Å². The Labute approximate surface area is 63.6 Å². The maximum Gasteiger partial charge on any atom is 0.153 e. The molecule has 1 aromatic carbocycles. The lowest BCUT2D eigenvalue weighted by molar-refractivity contribution is 0.112. The Morgan fingerprint density at radius 3 is 2.82 bits per heavy atom. The summed E-state index contributed by atoms with van der Waals surface area (Å²) >= 11 is 0. The van der Waals surface area contributed by atoms with Gasteiger partial charge in [0.25, 0.3) is 0 Å². The van der Waals surface area contributed by atoms with Gasteiger partial charge in [-0.1, -0.05) is 0 Å². The van der Waals surface area contributed by atoms with Crippen LogP contribution in [0.5, 0.6) is 5.75 Å². The molecule has 0 N–H and O–H groups in total. The maximum atomic E-state index is 12.5. The van der Waals surface area contributed by atoms with E-state index in [2.05, 4.69) is 0 Å². The Kier molecular flexibility index (Phi) is 2.21. The number of halogens is 1. The van der Waals surface area contributed by atoms with Crippen LogP contribution in [0.15, 0.2) is 18.2 Å². The average molecular weight is 153 g/mol. The fraction of sp³-hybridized carbons (Fsp3) is 0.125. The molecule has 11 heavy (non-hydrogen) atoms. The predicted molar refractivity (Wildman–Crippen MR) is 38.3 cm³/mol. The number of carbonyl (C=O) groups is 1. The number of hydrogen-bond donors (Lipinski definition) is 0. The van der Waals surface area contributed by atoms with Crippen molar-refractivity contribution in [1.82, 2.24) is 0 Å². The molecule has 0 aromatic heterocycles. The van der Waals surface area contributed by atoms with E-state index < -0.39 is 5.82 Å². The van der Waals surface area contributed by atoms with Crippen LogP contribution in [-0.2, 0) is 0 Å². The second-order valence-electron chi connectivity index (χ2n) is 2.00. The van der Waals surface area contributed by atoms with E-state index in [0.29, 0.717) is 12.0 Å². The van der Waals surface area contributed by atoms with Crippen molar-refractivity contribution in [2.24, 2.45) is 0 Å². The monoisotopic (exact) mass is 153 g/mol. The molecule has 3 heteroatoms. The van der Waals surface area contributed by atoms with Gasteiger partial charge in [-0.3, -0.25) is 4.79 Å². The third-order valence-corrected chi connectivity index (χ3v) is 1.32. The number of aldehydes is 1. The van der Waals surface area contributed by atoms with Gasteiger partial charge in [0.2, 0.25) is 0 Å². The molecule has 0 fully saturated rings. The van der Waals surface area contributed by atoms with Gasteiger partial charge in [0.1, 0.15) is 11.6 Å². The Morgan fingerprint density at radius 1 is 1.55 bits per heavy atom. The van der Waals surface area contributed by atoms with E-state index in [-0.39, 0.29) is 5.56 Å². The molecule has 0 heterocycles. The molecule has 0 aliphatic rings. The topological polar surface area (TPSA) is 26.3 Å². The molecule has 1 aromatic rings. The van der Waals surface area contributed by atoms with E-state index in [1.54, 1.807) is 0 Å². The molecule has 0 atom stereocenters. The summed E-state index contributed by atoms with van der Waals surface area (Å²) in [7, 11) is 1.43. The van der Waals surface area contributed by atoms with Crippen molar-refractivity contribution in [1.29, 1.82) is 0 Å². The van der Waals surface area contributed by atoms with Crippen LogP contribution in [0.2, 0.25) is 0 Å². The summed E-state index contributed by atoms with van der Waals surface area (Å²) in [5, 5.41) is 0. The molecule has 0 bridgehead atoms. The lowest BCUT2D eigenvalue weighted by Crippen LogP contribution is -1.90. The van der Waals surface area contributed by atoms with Gasteiger partial charge in [-0.05, 0) is 18.2 Å². The Hall–Kier alpha value is -1.38. The van der Waals surface area contributed by atoms with Crippen LogP contribution in [-0.4, -0.2) is 13.4 Å². The number of hydrogen-bond acceptors (Lipinski definition) is 2. The number of methoxy groups -OCH3 is 1. The van der Waals surface area contributed by atoms with Crippen LogP contribution in [0.4, 0.5) is 4.39 Å². The summed E-state index contributed by atoms with van der Waals surface area (Å²) in [6, 6.07) is 3.79. The van der Waals surface area contributed by atoms with Gasteiger partial charge < -0.3 is 4.74 Å². The van der Waals surface area contributed by atoms with E-state index in [9.17, 15) is 9.18 Å². The van der Waals surface area contributed by atoms with Crippen molar-refractivity contribution in [3.05, 3.63) is 29.6 Å². The van der Waals surface area contributed by atoms with Gasteiger partial charge in [0.05, 0.1) is 12.7 Å². The van der Waals surface area contributed by atoms with Crippen molar-refractivity contribution in [2.75, 3.05) is 7.11 Å². The molecule has 1 rings (SSSR count). The summed E-state index contributed by atoms with van der Waals surface area (Å²) in [5.41, 5.74) is 0.229. The minimum Gasteiger partial charge on any atom is -0.496 e. The normalized spacial score (nSPS) is 9.27. The van der Waals surface area contributed by atoms with E-state index in [1.165, 1.54) is 19.2 Å². The maximum absolute atomic E-state index is 12.5. The summed E-state index contributed by atoms with van der Waals surface area (Å²) in [6.07, 6.45) is 0.557. The summed E-state index contributed by atoms with van der Waals surface area (Å²) in [5.74, 6) is -0.0469. The second-order valence-corrected chi connectivity index (χ2v) is 2.00. The fourth-order valence-corrected chi connectivity index (χ4v) is 0.797. The Bertz CT molecular complexity index is 271. The third kappa shape index (κ3) is 1.55. The van der Waals surface area contributed by atoms with Crippen LogP contribution in [0, 0.1) is 5.82 Å². The SMILES string of the molecule is COc1ccc([18F])cc1C=O. The standard InChI is InChI=1S/C8H7FO2/c1-11-8-3-2-7(9)4-6(8)5-10/h2-5H,1H3/i9-1. The van der Waals surface area contributed by atoms with Crippen molar-refractivity contribution >= 4 is 6.29 Å². The smallest absolute Gasteiger partial charge is 0.153 e.